The van der Waals surface area contributed by atoms with Crippen molar-refractivity contribution in [3.05, 3.63) is 12.2 Å². The minimum Gasteiger partial charge on any atom is -0.458 e. The molecule has 5 heteroatoms. The molecule has 5 nitrogen and oxygen atoms in total. The molecule has 0 saturated heterocycles. The Balaban J connectivity index is 4.58. The van der Waals surface area contributed by atoms with E-state index in [0.717, 1.165) is 0 Å². The summed E-state index contributed by atoms with van der Waals surface area (Å²) in [5.74, 6) is -0.609. The van der Waals surface area contributed by atoms with E-state index < -0.39 is 37.3 Å². The normalized spacial score (nSPS) is 13.4. The van der Waals surface area contributed by atoms with Crippen molar-refractivity contribution < 1.29 is 24.9 Å². The van der Waals surface area contributed by atoms with Crippen molar-refractivity contribution in [3.63, 3.8) is 0 Å². The molecule has 3 N–H and O–H groups in total. The molecule has 88 valence electrons. The fourth-order valence-electron chi connectivity index (χ4n) is 0.922. The maximum atomic E-state index is 11.2. The van der Waals surface area contributed by atoms with Crippen molar-refractivity contribution in [2.75, 3.05) is 19.8 Å². The van der Waals surface area contributed by atoms with E-state index in [-0.39, 0.29) is 5.57 Å². The van der Waals surface area contributed by atoms with Crippen LogP contribution in [0.5, 0.6) is 0 Å². The van der Waals surface area contributed by atoms with Crippen molar-refractivity contribution in [2.45, 2.75) is 20.0 Å². The summed E-state index contributed by atoms with van der Waals surface area (Å²) >= 11 is 0. The fraction of sp³-hybridized carbons (Fsp3) is 0.700. The van der Waals surface area contributed by atoms with Gasteiger partial charge in [-0.3, -0.25) is 0 Å². The van der Waals surface area contributed by atoms with Gasteiger partial charge in [-0.1, -0.05) is 6.58 Å². The van der Waals surface area contributed by atoms with Crippen LogP contribution in [0.15, 0.2) is 12.2 Å². The number of aliphatic hydroxyl groups is 3. The molecule has 0 aliphatic carbocycles. The van der Waals surface area contributed by atoms with E-state index in [0.29, 0.717) is 0 Å². The second kappa shape index (κ2) is 5.85. The Labute approximate surface area is 89.0 Å². The largest absolute Gasteiger partial charge is 0.458 e. The Kier molecular flexibility index (Phi) is 5.49. The van der Waals surface area contributed by atoms with Crippen LogP contribution in [0, 0.1) is 5.41 Å². The second-order valence-corrected chi connectivity index (χ2v) is 3.66. The average molecular weight is 218 g/mol. The van der Waals surface area contributed by atoms with Gasteiger partial charge >= 0.3 is 5.97 Å². The number of ether oxygens (including phenoxy) is 1. The average Bonchev–Trinajstić information content (AvgIpc) is 2.21. The van der Waals surface area contributed by atoms with Gasteiger partial charge < -0.3 is 20.1 Å². The maximum absolute atomic E-state index is 11.2. The van der Waals surface area contributed by atoms with Crippen LogP contribution in [0.2, 0.25) is 0 Å². The van der Waals surface area contributed by atoms with E-state index in [1.807, 2.05) is 0 Å². The lowest BCUT2D eigenvalue weighted by atomic mass is 9.85. The van der Waals surface area contributed by atoms with Crippen molar-refractivity contribution in [1.82, 2.24) is 0 Å². The minimum atomic E-state index is -1.22. The smallest absolute Gasteiger partial charge is 0.333 e. The Hall–Kier alpha value is -0.910. The van der Waals surface area contributed by atoms with Crippen molar-refractivity contribution in [1.29, 1.82) is 0 Å². The highest BCUT2D eigenvalue weighted by atomic mass is 16.5. The highest BCUT2D eigenvalue weighted by molar-refractivity contribution is 5.87. The van der Waals surface area contributed by atoms with E-state index in [9.17, 15) is 4.79 Å². The maximum Gasteiger partial charge on any atom is 0.333 e. The Morgan fingerprint density at radius 1 is 1.33 bits per heavy atom. The van der Waals surface area contributed by atoms with Crippen molar-refractivity contribution >= 4 is 5.97 Å². The number of hydrogen-bond acceptors (Lipinski definition) is 5. The third-order valence-corrected chi connectivity index (χ3v) is 2.44. The minimum absolute atomic E-state index is 0.226. The molecule has 0 radical (unpaired) electrons. The summed E-state index contributed by atoms with van der Waals surface area (Å²) in [5.41, 5.74) is -0.991. The molecule has 0 bridgehead atoms. The standard InChI is InChI=1S/C10H18O5/c1-7(2)9(14)15-8(3)10(4-11,5-12)6-13/h8,11-13H,1,4-6H2,2-3H3. The molecule has 0 aromatic rings. The lowest BCUT2D eigenvalue weighted by Crippen LogP contribution is -2.45. The highest BCUT2D eigenvalue weighted by Crippen LogP contribution is 2.23. The quantitative estimate of drug-likeness (QED) is 0.411. The van der Waals surface area contributed by atoms with Crippen LogP contribution < -0.4 is 0 Å². The molecule has 0 fully saturated rings. The zero-order valence-corrected chi connectivity index (χ0v) is 9.06. The van der Waals surface area contributed by atoms with E-state index in [1.54, 1.807) is 0 Å². The van der Waals surface area contributed by atoms with Gasteiger partial charge in [0.2, 0.25) is 0 Å². The topological polar surface area (TPSA) is 87.0 Å². The van der Waals surface area contributed by atoms with Crippen LogP contribution in [-0.4, -0.2) is 47.2 Å². The molecular weight excluding hydrogens is 200 g/mol. The summed E-state index contributed by atoms with van der Waals surface area (Å²) < 4.78 is 4.93. The van der Waals surface area contributed by atoms with Crippen molar-refractivity contribution in [2.24, 2.45) is 5.41 Å². The first-order valence-corrected chi connectivity index (χ1v) is 4.62. The fourth-order valence-corrected chi connectivity index (χ4v) is 0.922. The second-order valence-electron chi connectivity index (χ2n) is 3.66. The molecule has 1 unspecified atom stereocenters. The summed E-state index contributed by atoms with van der Waals surface area (Å²) in [6.07, 6.45) is -0.790. The number of aliphatic hydroxyl groups excluding tert-OH is 3. The van der Waals surface area contributed by atoms with E-state index >= 15 is 0 Å². The number of esters is 1. The predicted octanol–water partition coefficient (Wildman–Crippen LogP) is -0.542. The van der Waals surface area contributed by atoms with Gasteiger partial charge in [0, 0.05) is 5.57 Å². The summed E-state index contributed by atoms with van der Waals surface area (Å²) in [5, 5.41) is 27.2. The molecule has 15 heavy (non-hydrogen) atoms. The van der Waals surface area contributed by atoms with Gasteiger partial charge in [-0.15, -0.1) is 0 Å². The number of rotatable bonds is 6. The first kappa shape index (κ1) is 14.1. The number of carbonyl (C=O) groups is 1. The molecular formula is C10H18O5. The van der Waals surface area contributed by atoms with Gasteiger partial charge in [-0.25, -0.2) is 4.79 Å². The first-order chi connectivity index (χ1) is 6.93. The summed E-state index contributed by atoms with van der Waals surface area (Å²) in [6.45, 7) is 5.00. The Morgan fingerprint density at radius 3 is 2.00 bits per heavy atom. The summed E-state index contributed by atoms with van der Waals surface area (Å²) in [7, 11) is 0. The molecule has 0 rings (SSSR count). The zero-order chi connectivity index (χ0) is 12.1. The van der Waals surface area contributed by atoms with Crippen LogP contribution in [-0.2, 0) is 9.53 Å². The third kappa shape index (κ3) is 3.30. The van der Waals surface area contributed by atoms with Crippen molar-refractivity contribution in [3.8, 4) is 0 Å². The Bertz CT molecular complexity index is 224. The summed E-state index contributed by atoms with van der Waals surface area (Å²) in [4.78, 5) is 11.2. The molecule has 0 heterocycles. The highest BCUT2D eigenvalue weighted by Gasteiger charge is 2.37. The van der Waals surface area contributed by atoms with Gasteiger partial charge in [0.1, 0.15) is 6.10 Å². The van der Waals surface area contributed by atoms with Gasteiger partial charge in [-0.05, 0) is 13.8 Å². The molecule has 1 atom stereocenters. The van der Waals surface area contributed by atoms with Crippen LogP contribution >= 0.6 is 0 Å². The van der Waals surface area contributed by atoms with Gasteiger partial charge in [0.05, 0.1) is 25.2 Å². The van der Waals surface area contributed by atoms with Gasteiger partial charge in [0.25, 0.3) is 0 Å². The van der Waals surface area contributed by atoms with E-state index in [2.05, 4.69) is 6.58 Å². The number of carbonyl (C=O) groups excluding carboxylic acids is 1. The van der Waals surface area contributed by atoms with E-state index in [1.165, 1.54) is 13.8 Å². The molecule has 0 amide bonds. The molecule has 0 aromatic carbocycles. The molecule has 0 aliphatic rings. The molecule has 0 spiro atoms. The van der Waals surface area contributed by atoms with Crippen LogP contribution in [0.4, 0.5) is 0 Å². The first-order valence-electron chi connectivity index (χ1n) is 4.62. The van der Waals surface area contributed by atoms with Crippen LogP contribution in [0.25, 0.3) is 0 Å². The lowest BCUT2D eigenvalue weighted by Gasteiger charge is -2.33. The van der Waals surface area contributed by atoms with Gasteiger partial charge in [-0.2, -0.15) is 0 Å². The van der Waals surface area contributed by atoms with E-state index in [4.69, 9.17) is 20.1 Å². The monoisotopic (exact) mass is 218 g/mol. The van der Waals surface area contributed by atoms with Gasteiger partial charge in [0.15, 0.2) is 0 Å². The molecule has 0 aliphatic heterocycles. The van der Waals surface area contributed by atoms with Crippen LogP contribution in [0.3, 0.4) is 0 Å². The Morgan fingerprint density at radius 2 is 1.73 bits per heavy atom. The zero-order valence-electron chi connectivity index (χ0n) is 9.06. The van der Waals surface area contributed by atoms with Crippen LogP contribution in [0.1, 0.15) is 13.8 Å². The number of hydrogen-bond donors (Lipinski definition) is 3. The third-order valence-electron chi connectivity index (χ3n) is 2.44. The predicted molar refractivity (Wildman–Crippen MR) is 54.1 cm³/mol. The lowest BCUT2D eigenvalue weighted by molar-refractivity contribution is -0.158. The molecule has 0 aromatic heterocycles. The molecule has 0 saturated carbocycles. The summed E-state index contributed by atoms with van der Waals surface area (Å²) in [6, 6.07) is 0. The SMILES string of the molecule is C=C(C)C(=O)OC(C)C(CO)(CO)CO.